The first kappa shape index (κ1) is 17.6. The van der Waals surface area contributed by atoms with Crippen LogP contribution in [-0.4, -0.2) is 53.2 Å². The summed E-state index contributed by atoms with van der Waals surface area (Å²) in [6.07, 6.45) is 0. The van der Waals surface area contributed by atoms with Crippen molar-refractivity contribution in [2.75, 3.05) is 40.5 Å². The van der Waals surface area contributed by atoms with Crippen LogP contribution >= 0.6 is 15.9 Å². The lowest BCUT2D eigenvalue weighted by molar-refractivity contribution is 0.150. The Balaban J connectivity index is 3.03. The summed E-state index contributed by atoms with van der Waals surface area (Å²) in [5.74, 6) is 0. The summed E-state index contributed by atoms with van der Waals surface area (Å²) in [6, 6.07) is 5.00. The van der Waals surface area contributed by atoms with Crippen LogP contribution in [0.1, 0.15) is 5.56 Å². The Morgan fingerprint density at radius 2 is 1.70 bits per heavy atom. The van der Waals surface area contributed by atoms with Crippen molar-refractivity contribution in [1.29, 1.82) is 0 Å². The highest BCUT2D eigenvalue weighted by Gasteiger charge is 2.24. The molecule has 0 aromatic heterocycles. The Morgan fingerprint density at radius 3 is 2.15 bits per heavy atom. The van der Waals surface area contributed by atoms with Gasteiger partial charge in [-0.2, -0.15) is 4.31 Å². The van der Waals surface area contributed by atoms with E-state index in [4.69, 9.17) is 9.47 Å². The van der Waals surface area contributed by atoms with E-state index in [1.165, 1.54) is 4.31 Å². The third kappa shape index (κ3) is 4.53. The molecule has 1 rings (SSSR count). The van der Waals surface area contributed by atoms with E-state index >= 15 is 0 Å². The van der Waals surface area contributed by atoms with Gasteiger partial charge in [0.05, 0.1) is 18.1 Å². The van der Waals surface area contributed by atoms with Gasteiger partial charge in [-0.15, -0.1) is 0 Å². The monoisotopic (exact) mass is 365 g/mol. The minimum absolute atomic E-state index is 0.283. The maximum Gasteiger partial charge on any atom is 0.243 e. The molecule has 5 nitrogen and oxygen atoms in total. The van der Waals surface area contributed by atoms with Crippen LogP contribution in [0, 0.1) is 6.92 Å². The van der Waals surface area contributed by atoms with Crippen molar-refractivity contribution in [2.45, 2.75) is 11.8 Å². The van der Waals surface area contributed by atoms with Crippen LogP contribution in [-0.2, 0) is 19.5 Å². The molecule has 1 aromatic carbocycles. The first-order chi connectivity index (χ1) is 9.43. The Hall–Kier alpha value is -0.470. The Bertz CT molecular complexity index is 525. The summed E-state index contributed by atoms with van der Waals surface area (Å²) in [6.45, 7) is 3.16. The molecule has 0 atom stereocenters. The second-order valence-corrected chi connectivity index (χ2v) is 7.09. The molecular formula is C13H20BrNO4S. The van der Waals surface area contributed by atoms with Gasteiger partial charge in [-0.1, -0.05) is 15.9 Å². The summed E-state index contributed by atoms with van der Waals surface area (Å²) in [4.78, 5) is 0.283. The van der Waals surface area contributed by atoms with Crippen LogP contribution in [0.4, 0.5) is 0 Å². The predicted molar refractivity (Wildman–Crippen MR) is 81.4 cm³/mol. The third-order valence-electron chi connectivity index (χ3n) is 2.86. The molecule has 0 N–H and O–H groups in total. The van der Waals surface area contributed by atoms with Crippen molar-refractivity contribution >= 4 is 26.0 Å². The van der Waals surface area contributed by atoms with Crippen molar-refractivity contribution < 1.29 is 17.9 Å². The second-order valence-electron chi connectivity index (χ2n) is 4.30. The maximum atomic E-state index is 12.6. The number of rotatable bonds is 8. The molecule has 0 spiro atoms. The number of sulfonamides is 1. The lowest BCUT2D eigenvalue weighted by Gasteiger charge is -2.21. The van der Waals surface area contributed by atoms with Crippen molar-refractivity contribution in [1.82, 2.24) is 4.31 Å². The molecule has 0 radical (unpaired) electrons. The minimum Gasteiger partial charge on any atom is -0.383 e. The van der Waals surface area contributed by atoms with E-state index in [0.717, 1.165) is 10.0 Å². The topological polar surface area (TPSA) is 55.8 Å². The van der Waals surface area contributed by atoms with E-state index in [9.17, 15) is 8.42 Å². The van der Waals surface area contributed by atoms with E-state index in [2.05, 4.69) is 15.9 Å². The van der Waals surface area contributed by atoms with Crippen LogP contribution in [0.25, 0.3) is 0 Å². The van der Waals surface area contributed by atoms with E-state index < -0.39 is 10.0 Å². The molecular weight excluding hydrogens is 346 g/mol. The van der Waals surface area contributed by atoms with Gasteiger partial charge in [-0.05, 0) is 30.7 Å². The Morgan fingerprint density at radius 1 is 1.15 bits per heavy atom. The van der Waals surface area contributed by atoms with E-state index in [0.29, 0.717) is 26.3 Å². The molecule has 0 bridgehead atoms. The quantitative estimate of drug-likeness (QED) is 0.707. The molecule has 0 fully saturated rings. The number of hydrogen-bond acceptors (Lipinski definition) is 4. The minimum atomic E-state index is -3.53. The van der Waals surface area contributed by atoms with E-state index in [-0.39, 0.29) is 4.90 Å². The molecule has 0 amide bonds. The molecule has 0 unspecified atom stereocenters. The predicted octanol–water partition coefficient (Wildman–Crippen LogP) is 2.04. The normalized spacial score (nSPS) is 12.1. The lowest BCUT2D eigenvalue weighted by Crippen LogP contribution is -2.36. The zero-order chi connectivity index (χ0) is 15.2. The molecule has 0 saturated heterocycles. The molecule has 0 heterocycles. The van der Waals surface area contributed by atoms with Gasteiger partial charge in [0.25, 0.3) is 0 Å². The van der Waals surface area contributed by atoms with Crippen LogP contribution < -0.4 is 0 Å². The highest BCUT2D eigenvalue weighted by Crippen LogP contribution is 2.22. The number of halogens is 1. The van der Waals surface area contributed by atoms with Gasteiger partial charge in [0.1, 0.15) is 0 Å². The lowest BCUT2D eigenvalue weighted by atomic mass is 10.2. The number of hydrogen-bond donors (Lipinski definition) is 0. The van der Waals surface area contributed by atoms with Crippen molar-refractivity contribution in [3.63, 3.8) is 0 Å². The third-order valence-corrected chi connectivity index (χ3v) is 5.64. The molecule has 114 valence electrons. The summed E-state index contributed by atoms with van der Waals surface area (Å²) >= 11 is 3.37. The highest BCUT2D eigenvalue weighted by molar-refractivity contribution is 9.10. The summed E-state index contributed by atoms with van der Waals surface area (Å²) in [7, 11) is -0.439. The van der Waals surface area contributed by atoms with Gasteiger partial charge >= 0.3 is 0 Å². The van der Waals surface area contributed by atoms with Crippen LogP contribution in [0.3, 0.4) is 0 Å². The average molecular weight is 366 g/mol. The summed E-state index contributed by atoms with van der Waals surface area (Å²) < 4.78 is 37.4. The number of aryl methyl sites for hydroxylation is 1. The highest BCUT2D eigenvalue weighted by atomic mass is 79.9. The average Bonchev–Trinajstić information content (AvgIpc) is 2.41. The molecule has 0 saturated carbocycles. The maximum absolute atomic E-state index is 12.6. The first-order valence-electron chi connectivity index (χ1n) is 6.17. The van der Waals surface area contributed by atoms with Crippen LogP contribution in [0.2, 0.25) is 0 Å². The molecule has 1 aromatic rings. The standard InChI is InChI=1S/C13H20BrNO4S/c1-11-10-12(4-5-13(11)14)20(16,17)15(6-8-18-2)7-9-19-3/h4-5,10H,6-9H2,1-3H3. The largest absolute Gasteiger partial charge is 0.383 e. The fourth-order valence-electron chi connectivity index (χ4n) is 1.67. The van der Waals surface area contributed by atoms with Crippen molar-refractivity contribution in [3.8, 4) is 0 Å². The van der Waals surface area contributed by atoms with E-state index in [1.54, 1.807) is 32.4 Å². The first-order valence-corrected chi connectivity index (χ1v) is 8.41. The Kier molecular flexibility index (Phi) is 7.11. The molecule has 20 heavy (non-hydrogen) atoms. The molecule has 0 aliphatic heterocycles. The van der Waals surface area contributed by atoms with Crippen LogP contribution in [0.5, 0.6) is 0 Å². The zero-order valence-electron chi connectivity index (χ0n) is 11.9. The smallest absolute Gasteiger partial charge is 0.243 e. The number of benzene rings is 1. The van der Waals surface area contributed by atoms with Gasteiger partial charge in [0.2, 0.25) is 10.0 Å². The van der Waals surface area contributed by atoms with Crippen molar-refractivity contribution in [2.24, 2.45) is 0 Å². The fraction of sp³-hybridized carbons (Fsp3) is 0.538. The number of methoxy groups -OCH3 is 2. The molecule has 0 aliphatic carbocycles. The van der Waals surface area contributed by atoms with Gasteiger partial charge in [0.15, 0.2) is 0 Å². The van der Waals surface area contributed by atoms with Gasteiger partial charge in [0, 0.05) is 31.8 Å². The van der Waals surface area contributed by atoms with Gasteiger partial charge in [-0.25, -0.2) is 8.42 Å². The number of nitrogens with zero attached hydrogens (tertiary/aromatic N) is 1. The van der Waals surface area contributed by atoms with Gasteiger partial charge < -0.3 is 9.47 Å². The zero-order valence-corrected chi connectivity index (χ0v) is 14.3. The van der Waals surface area contributed by atoms with Gasteiger partial charge in [-0.3, -0.25) is 0 Å². The van der Waals surface area contributed by atoms with E-state index in [1.807, 2.05) is 6.92 Å². The molecule has 0 aliphatic rings. The molecule has 7 heteroatoms. The second kappa shape index (κ2) is 8.09. The number of ether oxygens (including phenoxy) is 2. The van der Waals surface area contributed by atoms with Crippen LogP contribution in [0.15, 0.2) is 27.6 Å². The SMILES string of the molecule is COCCN(CCOC)S(=O)(=O)c1ccc(Br)c(C)c1. The summed E-state index contributed by atoms with van der Waals surface area (Å²) in [5.41, 5.74) is 0.879. The fourth-order valence-corrected chi connectivity index (χ4v) is 3.41. The summed E-state index contributed by atoms with van der Waals surface area (Å²) in [5, 5.41) is 0. The van der Waals surface area contributed by atoms with Crippen molar-refractivity contribution in [3.05, 3.63) is 28.2 Å². The Labute approximate surface area is 129 Å².